The number of primary amides is 1. The number of nitrogens with two attached hydrogens (primary N) is 1. The third-order valence-electron chi connectivity index (χ3n) is 5.26. The van der Waals surface area contributed by atoms with Crippen LogP contribution in [0.4, 0.5) is 8.78 Å². The summed E-state index contributed by atoms with van der Waals surface area (Å²) in [7, 11) is 0. The fourth-order valence-electron chi connectivity index (χ4n) is 4.12. The molecule has 0 aromatic heterocycles. The van der Waals surface area contributed by atoms with E-state index >= 15 is 0 Å². The van der Waals surface area contributed by atoms with Gasteiger partial charge in [0.2, 0.25) is 5.91 Å². The molecule has 3 rings (SSSR count). The van der Waals surface area contributed by atoms with Crippen LogP contribution in [0.15, 0.2) is 18.2 Å². The van der Waals surface area contributed by atoms with E-state index in [9.17, 15) is 18.7 Å². The molecule has 4 unspecified atom stereocenters. The van der Waals surface area contributed by atoms with Gasteiger partial charge in [-0.05, 0) is 42.9 Å². The number of fused-ring (bicyclic) bond motifs is 1. The summed E-state index contributed by atoms with van der Waals surface area (Å²) in [6.07, 6.45) is 4.07. The number of hydrogen-bond acceptors (Lipinski definition) is 3. The van der Waals surface area contributed by atoms with Crippen molar-refractivity contribution in [2.24, 2.45) is 11.7 Å². The van der Waals surface area contributed by atoms with Crippen molar-refractivity contribution in [1.29, 1.82) is 0 Å². The van der Waals surface area contributed by atoms with Gasteiger partial charge >= 0.3 is 0 Å². The number of rotatable bonds is 4. The number of aliphatic hydroxyl groups excluding tert-OH is 1. The van der Waals surface area contributed by atoms with Gasteiger partial charge in [0, 0.05) is 12.6 Å². The molecule has 6 heteroatoms. The number of aliphatic hydroxyl groups is 1. The van der Waals surface area contributed by atoms with Gasteiger partial charge in [0.1, 0.15) is 0 Å². The molecule has 0 bridgehead atoms. The summed E-state index contributed by atoms with van der Waals surface area (Å²) in [6.45, 7) is 0.208. The largest absolute Gasteiger partial charge is 0.387 e. The van der Waals surface area contributed by atoms with Gasteiger partial charge in [-0.2, -0.15) is 0 Å². The molecule has 2 aliphatic rings. The summed E-state index contributed by atoms with van der Waals surface area (Å²) >= 11 is 0. The van der Waals surface area contributed by atoms with Crippen LogP contribution in [0.1, 0.15) is 43.8 Å². The Hall–Kier alpha value is -1.53. The summed E-state index contributed by atoms with van der Waals surface area (Å²) in [6, 6.07) is 3.24. The highest BCUT2D eigenvalue weighted by Gasteiger charge is 2.44. The summed E-state index contributed by atoms with van der Waals surface area (Å²) in [5.41, 5.74) is 5.84. The van der Waals surface area contributed by atoms with Crippen LogP contribution in [-0.4, -0.2) is 34.5 Å². The van der Waals surface area contributed by atoms with Crippen LogP contribution in [-0.2, 0) is 4.79 Å². The van der Waals surface area contributed by atoms with Gasteiger partial charge in [-0.15, -0.1) is 0 Å². The van der Waals surface area contributed by atoms with Crippen molar-refractivity contribution in [1.82, 2.24) is 4.90 Å². The monoisotopic (exact) mass is 324 g/mol. The van der Waals surface area contributed by atoms with E-state index in [0.717, 1.165) is 44.2 Å². The molecule has 0 radical (unpaired) electrons. The van der Waals surface area contributed by atoms with Gasteiger partial charge < -0.3 is 10.8 Å². The Bertz CT molecular complexity index is 596. The fraction of sp³-hybridized carbons (Fsp3) is 0.588. The molecular formula is C17H22F2N2O2. The Morgan fingerprint density at radius 1 is 1.30 bits per heavy atom. The summed E-state index contributed by atoms with van der Waals surface area (Å²) in [4.78, 5) is 13.7. The highest BCUT2D eigenvalue weighted by atomic mass is 19.2. The van der Waals surface area contributed by atoms with Crippen LogP contribution < -0.4 is 5.73 Å². The molecule has 1 amide bonds. The SMILES string of the molecule is NC(=O)C1CC2CCCCC2N1CC(O)c1ccc(F)c(F)c1. The van der Waals surface area contributed by atoms with Crippen molar-refractivity contribution < 1.29 is 18.7 Å². The first-order valence-electron chi connectivity index (χ1n) is 8.15. The lowest BCUT2D eigenvalue weighted by Gasteiger charge is -2.34. The number of hydrogen-bond donors (Lipinski definition) is 2. The molecule has 2 fully saturated rings. The van der Waals surface area contributed by atoms with E-state index in [2.05, 4.69) is 0 Å². The summed E-state index contributed by atoms with van der Waals surface area (Å²) < 4.78 is 26.4. The molecule has 1 aliphatic carbocycles. The second-order valence-corrected chi connectivity index (χ2v) is 6.65. The van der Waals surface area contributed by atoms with E-state index in [-0.39, 0.29) is 24.5 Å². The first kappa shape index (κ1) is 16.3. The van der Waals surface area contributed by atoms with E-state index < -0.39 is 17.7 Å². The number of benzene rings is 1. The van der Waals surface area contributed by atoms with Gasteiger partial charge in [-0.1, -0.05) is 18.9 Å². The van der Waals surface area contributed by atoms with Gasteiger partial charge in [0.05, 0.1) is 12.1 Å². The predicted octanol–water partition coefficient (Wildman–Crippen LogP) is 2.12. The quantitative estimate of drug-likeness (QED) is 0.891. The minimum absolute atomic E-state index is 0.208. The van der Waals surface area contributed by atoms with Crippen LogP contribution >= 0.6 is 0 Å². The lowest BCUT2D eigenvalue weighted by Crippen LogP contribution is -2.46. The zero-order valence-electron chi connectivity index (χ0n) is 12.9. The molecule has 0 spiro atoms. The molecule has 1 saturated carbocycles. The summed E-state index contributed by atoms with van der Waals surface area (Å²) in [5.74, 6) is -1.87. The average Bonchev–Trinajstić information content (AvgIpc) is 2.89. The van der Waals surface area contributed by atoms with Crippen molar-refractivity contribution in [3.63, 3.8) is 0 Å². The third kappa shape index (κ3) is 3.23. The molecule has 23 heavy (non-hydrogen) atoms. The van der Waals surface area contributed by atoms with Crippen LogP contribution in [0, 0.1) is 17.6 Å². The fourth-order valence-corrected chi connectivity index (χ4v) is 4.12. The zero-order valence-corrected chi connectivity index (χ0v) is 12.9. The van der Waals surface area contributed by atoms with Crippen molar-refractivity contribution in [2.45, 2.75) is 50.3 Å². The topological polar surface area (TPSA) is 66.6 Å². The number of β-amino-alcohol motifs (C(OH)–C–C–N with tert-alkyl or cyclic N) is 1. The molecule has 1 aromatic rings. The smallest absolute Gasteiger partial charge is 0.234 e. The first-order valence-corrected chi connectivity index (χ1v) is 8.15. The lowest BCUT2D eigenvalue weighted by atomic mass is 9.84. The number of nitrogens with zero attached hydrogens (tertiary/aromatic N) is 1. The minimum atomic E-state index is -0.982. The summed E-state index contributed by atoms with van der Waals surface area (Å²) in [5, 5.41) is 10.4. The Morgan fingerprint density at radius 2 is 2.04 bits per heavy atom. The Morgan fingerprint density at radius 3 is 2.74 bits per heavy atom. The van der Waals surface area contributed by atoms with Crippen LogP contribution in [0.25, 0.3) is 0 Å². The predicted molar refractivity (Wildman–Crippen MR) is 81.4 cm³/mol. The number of halogens is 2. The van der Waals surface area contributed by atoms with Gasteiger partial charge in [-0.3, -0.25) is 9.69 Å². The normalized spacial score (nSPS) is 29.3. The van der Waals surface area contributed by atoms with E-state index in [0.29, 0.717) is 11.5 Å². The van der Waals surface area contributed by atoms with E-state index in [4.69, 9.17) is 5.73 Å². The third-order valence-corrected chi connectivity index (χ3v) is 5.26. The van der Waals surface area contributed by atoms with Crippen molar-refractivity contribution >= 4 is 5.91 Å². The number of carbonyl (C=O) groups excluding carboxylic acids is 1. The van der Waals surface area contributed by atoms with Gasteiger partial charge in [0.25, 0.3) is 0 Å². The first-order chi connectivity index (χ1) is 11.0. The minimum Gasteiger partial charge on any atom is -0.387 e. The van der Waals surface area contributed by atoms with Crippen molar-refractivity contribution in [3.8, 4) is 0 Å². The molecule has 1 aromatic carbocycles. The Kier molecular flexibility index (Phi) is 4.64. The van der Waals surface area contributed by atoms with E-state index in [1.165, 1.54) is 6.07 Å². The van der Waals surface area contributed by atoms with Crippen LogP contribution in [0.2, 0.25) is 0 Å². The second kappa shape index (κ2) is 6.53. The molecule has 3 N–H and O–H groups in total. The average molecular weight is 324 g/mol. The van der Waals surface area contributed by atoms with Gasteiger partial charge in [0.15, 0.2) is 11.6 Å². The number of carbonyl (C=O) groups is 1. The Balaban J connectivity index is 1.77. The van der Waals surface area contributed by atoms with Gasteiger partial charge in [-0.25, -0.2) is 8.78 Å². The zero-order chi connectivity index (χ0) is 16.6. The standard InChI is InChI=1S/C17H22F2N2O2/c18-12-6-5-11(7-13(12)19)16(22)9-21-14-4-2-1-3-10(14)8-15(21)17(20)23/h5-7,10,14-16,22H,1-4,8-9H2,(H2,20,23). The van der Waals surface area contributed by atoms with Crippen LogP contribution in [0.3, 0.4) is 0 Å². The number of amides is 1. The molecule has 4 nitrogen and oxygen atoms in total. The van der Waals surface area contributed by atoms with E-state index in [1.807, 2.05) is 4.90 Å². The van der Waals surface area contributed by atoms with E-state index in [1.54, 1.807) is 0 Å². The van der Waals surface area contributed by atoms with Crippen molar-refractivity contribution in [2.75, 3.05) is 6.54 Å². The highest BCUT2D eigenvalue weighted by molar-refractivity contribution is 5.80. The lowest BCUT2D eigenvalue weighted by molar-refractivity contribution is -0.123. The highest BCUT2D eigenvalue weighted by Crippen LogP contribution is 2.40. The molecule has 126 valence electrons. The van der Waals surface area contributed by atoms with Crippen LogP contribution in [0.5, 0.6) is 0 Å². The molecule has 1 aliphatic heterocycles. The maximum atomic E-state index is 13.4. The molecule has 1 heterocycles. The number of likely N-dealkylation sites (tertiary alicyclic amines) is 1. The molecule has 4 atom stereocenters. The molecular weight excluding hydrogens is 302 g/mol. The second-order valence-electron chi connectivity index (χ2n) is 6.65. The maximum Gasteiger partial charge on any atom is 0.234 e. The Labute approximate surface area is 134 Å². The molecule has 1 saturated heterocycles. The maximum absolute atomic E-state index is 13.4. The van der Waals surface area contributed by atoms with Crippen molar-refractivity contribution in [3.05, 3.63) is 35.4 Å².